The molecule has 0 unspecified atom stereocenters. The monoisotopic (exact) mass is 347 g/mol. The third-order valence-corrected chi connectivity index (χ3v) is 3.58. The SMILES string of the molecule is C=CCOc1c(Cl)cc(CNc2ccc(OCC)cc2)cc1OC. The fraction of sp³-hybridized carbons (Fsp3) is 0.263. The topological polar surface area (TPSA) is 39.7 Å². The van der Waals surface area contributed by atoms with Gasteiger partial charge >= 0.3 is 0 Å². The second kappa shape index (κ2) is 9.08. The lowest BCUT2D eigenvalue weighted by atomic mass is 10.2. The number of halogens is 1. The number of ether oxygens (including phenoxy) is 3. The molecule has 0 fully saturated rings. The molecule has 0 heterocycles. The zero-order valence-electron chi connectivity index (χ0n) is 14.0. The van der Waals surface area contributed by atoms with E-state index in [9.17, 15) is 0 Å². The number of hydrogen-bond donors (Lipinski definition) is 1. The van der Waals surface area contributed by atoms with Crippen molar-refractivity contribution in [1.29, 1.82) is 0 Å². The van der Waals surface area contributed by atoms with Crippen LogP contribution in [0.2, 0.25) is 5.02 Å². The van der Waals surface area contributed by atoms with Gasteiger partial charge < -0.3 is 19.5 Å². The van der Waals surface area contributed by atoms with Crippen molar-refractivity contribution in [3.8, 4) is 17.2 Å². The summed E-state index contributed by atoms with van der Waals surface area (Å²) in [6, 6.07) is 11.6. The number of rotatable bonds is 9. The van der Waals surface area contributed by atoms with Gasteiger partial charge in [-0.3, -0.25) is 0 Å². The van der Waals surface area contributed by atoms with E-state index in [2.05, 4.69) is 11.9 Å². The normalized spacial score (nSPS) is 10.1. The van der Waals surface area contributed by atoms with E-state index < -0.39 is 0 Å². The van der Waals surface area contributed by atoms with Crippen molar-refractivity contribution in [2.24, 2.45) is 0 Å². The Morgan fingerprint density at radius 2 is 1.92 bits per heavy atom. The predicted octanol–water partition coefficient (Wildman–Crippen LogP) is 4.92. The lowest BCUT2D eigenvalue weighted by molar-refractivity contribution is 0.326. The highest BCUT2D eigenvalue weighted by atomic mass is 35.5. The van der Waals surface area contributed by atoms with Crippen molar-refractivity contribution < 1.29 is 14.2 Å². The first kappa shape index (κ1) is 18.0. The van der Waals surface area contributed by atoms with E-state index in [4.69, 9.17) is 25.8 Å². The average molecular weight is 348 g/mol. The first-order chi connectivity index (χ1) is 11.7. The molecular formula is C19H22ClNO3. The van der Waals surface area contributed by atoms with Gasteiger partial charge in [-0.1, -0.05) is 24.3 Å². The van der Waals surface area contributed by atoms with Gasteiger partial charge in [-0.05, 0) is 48.9 Å². The van der Waals surface area contributed by atoms with Gasteiger partial charge in [0.2, 0.25) is 0 Å². The Bertz CT molecular complexity index is 671. The molecule has 2 aromatic carbocycles. The van der Waals surface area contributed by atoms with E-state index in [1.165, 1.54) is 0 Å². The van der Waals surface area contributed by atoms with E-state index in [1.807, 2.05) is 43.3 Å². The molecule has 0 radical (unpaired) electrons. The molecule has 2 rings (SSSR count). The maximum atomic E-state index is 6.30. The highest BCUT2D eigenvalue weighted by Gasteiger charge is 2.11. The molecular weight excluding hydrogens is 326 g/mol. The van der Waals surface area contributed by atoms with Gasteiger partial charge in [-0.15, -0.1) is 0 Å². The van der Waals surface area contributed by atoms with Crippen molar-refractivity contribution in [3.05, 3.63) is 59.6 Å². The summed E-state index contributed by atoms with van der Waals surface area (Å²) in [7, 11) is 1.59. The Balaban J connectivity index is 2.06. The molecule has 0 amide bonds. The van der Waals surface area contributed by atoms with E-state index in [1.54, 1.807) is 13.2 Å². The Labute approximate surface area is 148 Å². The molecule has 0 aliphatic carbocycles. The lowest BCUT2D eigenvalue weighted by Crippen LogP contribution is -2.02. The Morgan fingerprint density at radius 1 is 1.17 bits per heavy atom. The Kier molecular flexibility index (Phi) is 6.82. The molecule has 1 N–H and O–H groups in total. The van der Waals surface area contributed by atoms with Crippen molar-refractivity contribution in [2.75, 3.05) is 25.6 Å². The summed E-state index contributed by atoms with van der Waals surface area (Å²) in [5.41, 5.74) is 2.00. The minimum Gasteiger partial charge on any atom is -0.494 e. The van der Waals surface area contributed by atoms with Gasteiger partial charge in [0.15, 0.2) is 11.5 Å². The summed E-state index contributed by atoms with van der Waals surface area (Å²) in [4.78, 5) is 0. The number of nitrogens with one attached hydrogen (secondary N) is 1. The van der Waals surface area contributed by atoms with Gasteiger partial charge in [-0.25, -0.2) is 0 Å². The quantitative estimate of drug-likeness (QED) is 0.653. The summed E-state index contributed by atoms with van der Waals surface area (Å²) < 4.78 is 16.4. The summed E-state index contributed by atoms with van der Waals surface area (Å²) in [5.74, 6) is 1.99. The molecule has 0 aliphatic rings. The summed E-state index contributed by atoms with van der Waals surface area (Å²) in [6.45, 7) is 7.25. The van der Waals surface area contributed by atoms with Gasteiger partial charge in [0, 0.05) is 12.2 Å². The minimum atomic E-state index is 0.375. The van der Waals surface area contributed by atoms with Crippen LogP contribution in [0.4, 0.5) is 5.69 Å². The zero-order valence-corrected chi connectivity index (χ0v) is 14.7. The molecule has 128 valence electrons. The molecule has 0 aromatic heterocycles. The molecule has 0 aliphatic heterocycles. The van der Waals surface area contributed by atoms with Crippen LogP contribution in [0.1, 0.15) is 12.5 Å². The lowest BCUT2D eigenvalue weighted by Gasteiger charge is -2.14. The third kappa shape index (κ3) is 4.83. The van der Waals surface area contributed by atoms with Crippen LogP contribution >= 0.6 is 11.6 Å². The standard InChI is InChI=1S/C19H22ClNO3/c1-4-10-24-19-17(20)11-14(12-18(19)22-3)13-21-15-6-8-16(9-7-15)23-5-2/h4,6-9,11-12,21H,1,5,10,13H2,2-3H3. The van der Waals surface area contributed by atoms with Crippen LogP contribution in [0.25, 0.3) is 0 Å². The van der Waals surface area contributed by atoms with Crippen LogP contribution in [0.15, 0.2) is 49.1 Å². The van der Waals surface area contributed by atoms with E-state index in [0.717, 1.165) is 17.0 Å². The van der Waals surface area contributed by atoms with E-state index >= 15 is 0 Å². The van der Waals surface area contributed by atoms with Crippen molar-refractivity contribution >= 4 is 17.3 Å². The largest absolute Gasteiger partial charge is 0.494 e. The van der Waals surface area contributed by atoms with Crippen LogP contribution in [0.5, 0.6) is 17.2 Å². The van der Waals surface area contributed by atoms with Gasteiger partial charge in [0.1, 0.15) is 12.4 Å². The number of benzene rings is 2. The number of anilines is 1. The Hall–Kier alpha value is -2.33. The maximum absolute atomic E-state index is 6.30. The molecule has 0 bridgehead atoms. The van der Waals surface area contributed by atoms with Crippen LogP contribution in [0.3, 0.4) is 0 Å². The zero-order chi connectivity index (χ0) is 17.4. The van der Waals surface area contributed by atoms with Crippen LogP contribution in [-0.2, 0) is 6.54 Å². The maximum Gasteiger partial charge on any atom is 0.180 e. The fourth-order valence-corrected chi connectivity index (χ4v) is 2.49. The van der Waals surface area contributed by atoms with Crippen LogP contribution < -0.4 is 19.5 Å². The summed E-state index contributed by atoms with van der Waals surface area (Å²) in [6.07, 6.45) is 1.66. The first-order valence-electron chi connectivity index (χ1n) is 7.74. The molecule has 0 saturated carbocycles. The highest BCUT2D eigenvalue weighted by molar-refractivity contribution is 6.32. The third-order valence-electron chi connectivity index (χ3n) is 3.30. The van der Waals surface area contributed by atoms with Crippen molar-refractivity contribution in [3.63, 3.8) is 0 Å². The smallest absolute Gasteiger partial charge is 0.180 e. The number of methoxy groups -OCH3 is 1. The second-order valence-electron chi connectivity index (χ2n) is 5.02. The summed E-state index contributed by atoms with van der Waals surface area (Å²) in [5, 5.41) is 3.86. The average Bonchev–Trinajstić information content (AvgIpc) is 2.60. The predicted molar refractivity (Wildman–Crippen MR) is 98.6 cm³/mol. The Morgan fingerprint density at radius 3 is 2.54 bits per heavy atom. The highest BCUT2D eigenvalue weighted by Crippen LogP contribution is 2.36. The molecule has 0 atom stereocenters. The molecule has 5 heteroatoms. The fourth-order valence-electron chi connectivity index (χ4n) is 2.20. The van der Waals surface area contributed by atoms with Gasteiger partial charge in [0.25, 0.3) is 0 Å². The van der Waals surface area contributed by atoms with Crippen molar-refractivity contribution in [2.45, 2.75) is 13.5 Å². The minimum absolute atomic E-state index is 0.375. The van der Waals surface area contributed by atoms with Gasteiger partial charge in [-0.2, -0.15) is 0 Å². The molecule has 4 nitrogen and oxygen atoms in total. The van der Waals surface area contributed by atoms with Crippen LogP contribution in [-0.4, -0.2) is 20.3 Å². The van der Waals surface area contributed by atoms with Crippen molar-refractivity contribution in [1.82, 2.24) is 0 Å². The van der Waals surface area contributed by atoms with E-state index in [-0.39, 0.29) is 0 Å². The molecule has 2 aromatic rings. The second-order valence-corrected chi connectivity index (χ2v) is 5.43. The first-order valence-corrected chi connectivity index (χ1v) is 8.12. The van der Waals surface area contributed by atoms with Crippen LogP contribution in [0, 0.1) is 0 Å². The van der Waals surface area contributed by atoms with E-state index in [0.29, 0.717) is 36.3 Å². The molecule has 0 saturated heterocycles. The molecule has 24 heavy (non-hydrogen) atoms. The van der Waals surface area contributed by atoms with Gasteiger partial charge in [0.05, 0.1) is 18.7 Å². The number of hydrogen-bond acceptors (Lipinski definition) is 4. The summed E-state index contributed by atoms with van der Waals surface area (Å²) >= 11 is 6.30. The molecule has 0 spiro atoms.